The minimum atomic E-state index is -3.61. The van der Waals surface area contributed by atoms with Gasteiger partial charge in [0, 0.05) is 12.4 Å². The molecule has 0 unspecified atom stereocenters. The molecule has 76 valence electrons. The Morgan fingerprint density at radius 1 is 1.54 bits per heavy atom. The Morgan fingerprint density at radius 3 is 2.31 bits per heavy atom. The fraction of sp³-hybridized carbons (Fsp3) is 0.571. The van der Waals surface area contributed by atoms with Crippen molar-refractivity contribution in [2.24, 2.45) is 5.14 Å². The highest BCUT2D eigenvalue weighted by atomic mass is 32.2. The molecule has 0 saturated heterocycles. The van der Waals surface area contributed by atoms with Gasteiger partial charge in [0.05, 0.1) is 10.4 Å². The van der Waals surface area contributed by atoms with Gasteiger partial charge in [0.1, 0.15) is 0 Å². The first-order valence-corrected chi connectivity index (χ1v) is 5.22. The quantitative estimate of drug-likeness (QED) is 0.570. The summed E-state index contributed by atoms with van der Waals surface area (Å²) >= 11 is 0. The van der Waals surface area contributed by atoms with E-state index in [1.54, 1.807) is 13.8 Å². The zero-order valence-corrected chi connectivity index (χ0v) is 8.77. The molecule has 0 atom stereocenters. The first-order valence-electron chi connectivity index (χ1n) is 3.68. The lowest BCUT2D eigenvalue weighted by molar-refractivity contribution is 0.592. The van der Waals surface area contributed by atoms with Crippen LogP contribution < -0.4 is 10.5 Å². The predicted molar refractivity (Wildman–Crippen MR) is 52.9 cm³/mol. The zero-order valence-electron chi connectivity index (χ0n) is 7.96. The van der Waals surface area contributed by atoms with Crippen molar-refractivity contribution in [3.63, 3.8) is 0 Å². The molecule has 13 heavy (non-hydrogen) atoms. The third-order valence-corrected chi connectivity index (χ3v) is 2.47. The van der Waals surface area contributed by atoms with Crippen molar-refractivity contribution < 1.29 is 8.42 Å². The van der Waals surface area contributed by atoms with Crippen molar-refractivity contribution in [2.45, 2.75) is 26.3 Å². The minimum absolute atomic E-state index is 0.0439. The van der Waals surface area contributed by atoms with Gasteiger partial charge >= 0.3 is 0 Å². The van der Waals surface area contributed by atoms with Gasteiger partial charge in [0.2, 0.25) is 10.0 Å². The highest BCUT2D eigenvalue weighted by molar-refractivity contribution is 7.93. The third-order valence-electron chi connectivity index (χ3n) is 1.46. The molecule has 0 spiro atoms. The molecule has 0 rings (SSSR count). The van der Waals surface area contributed by atoms with E-state index in [0.29, 0.717) is 0 Å². The molecule has 0 fully saturated rings. The summed E-state index contributed by atoms with van der Waals surface area (Å²) in [5.74, 6) is 0. The van der Waals surface area contributed by atoms with Gasteiger partial charge in [-0.25, -0.2) is 13.6 Å². The van der Waals surface area contributed by atoms with Crippen molar-refractivity contribution in [3.8, 4) is 0 Å². The van der Waals surface area contributed by atoms with Crippen LogP contribution in [0.4, 0.5) is 0 Å². The van der Waals surface area contributed by atoms with E-state index in [4.69, 9.17) is 10.5 Å². The molecule has 0 amide bonds. The first-order chi connectivity index (χ1) is 5.69. The summed E-state index contributed by atoms with van der Waals surface area (Å²) in [5, 5.41) is 14.6. The molecule has 6 heteroatoms. The van der Waals surface area contributed by atoms with E-state index in [0.717, 1.165) is 0 Å². The monoisotopic (exact) mass is 205 g/mol. The maximum Gasteiger partial charge on any atom is 0.235 e. The molecule has 0 aliphatic heterocycles. The van der Waals surface area contributed by atoms with Crippen LogP contribution in [0.25, 0.3) is 0 Å². The number of sulfonamides is 1. The second-order valence-corrected chi connectivity index (χ2v) is 5.04. The Balaban J connectivity index is 4.55. The van der Waals surface area contributed by atoms with Crippen LogP contribution in [-0.2, 0) is 10.0 Å². The van der Waals surface area contributed by atoms with Crippen molar-refractivity contribution >= 4 is 16.2 Å². The van der Waals surface area contributed by atoms with Gasteiger partial charge in [-0.05, 0) is 20.8 Å². The molecule has 0 heterocycles. The lowest BCUT2D eigenvalue weighted by Crippen LogP contribution is -2.37. The average molecular weight is 205 g/mol. The Hall–Kier alpha value is -0.880. The summed E-state index contributed by atoms with van der Waals surface area (Å²) in [6.07, 6.45) is 2.47. The van der Waals surface area contributed by atoms with E-state index >= 15 is 0 Å². The van der Waals surface area contributed by atoms with E-state index in [2.05, 4.69) is 5.32 Å². The Kier molecular flexibility index (Phi) is 3.62. The molecule has 0 aromatic heterocycles. The van der Waals surface area contributed by atoms with Crippen LogP contribution in [0.15, 0.2) is 11.1 Å². The van der Waals surface area contributed by atoms with Crippen LogP contribution in [0.1, 0.15) is 20.8 Å². The Morgan fingerprint density at radius 2 is 2.00 bits per heavy atom. The van der Waals surface area contributed by atoms with Crippen LogP contribution in [0.2, 0.25) is 0 Å². The van der Waals surface area contributed by atoms with Crippen molar-refractivity contribution in [2.75, 3.05) is 0 Å². The molecule has 0 aromatic carbocycles. The van der Waals surface area contributed by atoms with Gasteiger partial charge in [-0.2, -0.15) is 0 Å². The standard InChI is InChI=1S/C7H15N3O2S/c1-6(13(9,11)12)4-10-7(2,3)5-8/h4-5,8,10H,1-3H3,(H2,9,11,12)/b6-4+,8-5?. The van der Waals surface area contributed by atoms with Crippen LogP contribution in [0.3, 0.4) is 0 Å². The molecule has 0 aromatic rings. The SMILES string of the molecule is C/C(=C\NC(C)(C)C=N)S(N)(=O)=O. The van der Waals surface area contributed by atoms with Crippen LogP contribution in [0.5, 0.6) is 0 Å². The number of nitrogens with two attached hydrogens (primary N) is 1. The zero-order chi connectivity index (χ0) is 10.7. The summed E-state index contributed by atoms with van der Waals surface area (Å²) in [6.45, 7) is 4.88. The molecule has 0 aliphatic rings. The highest BCUT2D eigenvalue weighted by Crippen LogP contribution is 2.01. The number of rotatable bonds is 4. The summed E-state index contributed by atoms with van der Waals surface area (Å²) in [5.41, 5.74) is -0.564. The van der Waals surface area contributed by atoms with Crippen LogP contribution >= 0.6 is 0 Å². The first kappa shape index (κ1) is 12.1. The molecular weight excluding hydrogens is 190 g/mol. The van der Waals surface area contributed by atoms with E-state index < -0.39 is 15.6 Å². The van der Waals surface area contributed by atoms with Gasteiger partial charge in [-0.15, -0.1) is 0 Å². The van der Waals surface area contributed by atoms with Crippen molar-refractivity contribution in [1.29, 1.82) is 5.41 Å². The maximum atomic E-state index is 10.7. The maximum absolute atomic E-state index is 10.7. The Labute approximate surface area is 78.6 Å². The number of allylic oxidation sites excluding steroid dienone is 1. The molecule has 0 radical (unpaired) electrons. The average Bonchev–Trinajstić information content (AvgIpc) is 1.98. The normalized spacial score (nSPS) is 14.0. The largest absolute Gasteiger partial charge is 0.380 e. The van der Waals surface area contributed by atoms with Crippen molar-refractivity contribution in [3.05, 3.63) is 11.1 Å². The lowest BCUT2D eigenvalue weighted by atomic mass is 10.1. The molecule has 5 nitrogen and oxygen atoms in total. The van der Waals surface area contributed by atoms with E-state index in [1.165, 1.54) is 19.3 Å². The number of hydrogen-bond acceptors (Lipinski definition) is 4. The van der Waals surface area contributed by atoms with Crippen LogP contribution in [0, 0.1) is 5.41 Å². The highest BCUT2D eigenvalue weighted by Gasteiger charge is 2.12. The number of primary sulfonamides is 1. The molecule has 0 bridgehead atoms. The van der Waals surface area contributed by atoms with Gasteiger partial charge in [-0.1, -0.05) is 0 Å². The lowest BCUT2D eigenvalue weighted by Gasteiger charge is -2.19. The summed E-state index contributed by atoms with van der Waals surface area (Å²) in [7, 11) is -3.61. The predicted octanol–water partition coefficient (Wildman–Crippen LogP) is 0.154. The summed E-state index contributed by atoms with van der Waals surface area (Å²) in [4.78, 5) is 0.0439. The summed E-state index contributed by atoms with van der Waals surface area (Å²) < 4.78 is 21.5. The van der Waals surface area contributed by atoms with Gasteiger partial charge < -0.3 is 10.7 Å². The number of nitrogens with one attached hydrogen (secondary N) is 2. The van der Waals surface area contributed by atoms with Gasteiger partial charge in [-0.3, -0.25) is 0 Å². The third kappa shape index (κ3) is 4.64. The van der Waals surface area contributed by atoms with Crippen LogP contribution in [-0.4, -0.2) is 20.2 Å². The van der Waals surface area contributed by atoms with Gasteiger partial charge in [0.25, 0.3) is 0 Å². The summed E-state index contributed by atoms with van der Waals surface area (Å²) in [6, 6.07) is 0. The topological polar surface area (TPSA) is 96.0 Å². The number of hydrogen-bond donors (Lipinski definition) is 3. The smallest absolute Gasteiger partial charge is 0.235 e. The Bertz CT molecular complexity index is 317. The molecular formula is C7H15N3O2S. The minimum Gasteiger partial charge on any atom is -0.380 e. The molecule has 4 N–H and O–H groups in total. The van der Waals surface area contributed by atoms with E-state index in [1.807, 2.05) is 0 Å². The van der Waals surface area contributed by atoms with Crippen molar-refractivity contribution in [1.82, 2.24) is 5.32 Å². The van der Waals surface area contributed by atoms with E-state index in [9.17, 15) is 8.42 Å². The molecule has 0 aliphatic carbocycles. The molecule has 0 saturated carbocycles. The fourth-order valence-electron chi connectivity index (χ4n) is 0.411. The second kappa shape index (κ2) is 3.89. The van der Waals surface area contributed by atoms with E-state index in [-0.39, 0.29) is 4.91 Å². The fourth-order valence-corrected chi connectivity index (χ4v) is 0.635. The second-order valence-electron chi connectivity index (χ2n) is 3.31. The van der Waals surface area contributed by atoms with Gasteiger partial charge in [0.15, 0.2) is 0 Å².